The Balaban J connectivity index is 1.46. The highest BCUT2D eigenvalue weighted by Crippen LogP contribution is 2.40. The smallest absolute Gasteiger partial charge is 0.322 e. The molecular formula is C23H23FN8O. The summed E-state index contributed by atoms with van der Waals surface area (Å²) in [6.45, 7) is 5.76. The molecule has 10 heteroatoms. The second-order valence-electron chi connectivity index (χ2n) is 8.40. The minimum Gasteiger partial charge on any atom is -0.421 e. The maximum Gasteiger partial charge on any atom is 0.322 e. The average Bonchev–Trinajstić information content (AvgIpc) is 3.09. The van der Waals surface area contributed by atoms with Crippen LogP contribution < -0.4 is 21.1 Å². The molecule has 0 bridgehead atoms. The number of aromatic nitrogens is 5. The largest absolute Gasteiger partial charge is 0.421 e. The Bertz CT molecular complexity index is 1380. The minimum atomic E-state index is -0.508. The lowest BCUT2D eigenvalue weighted by Gasteiger charge is -2.25. The topological polar surface area (TPSA) is 116 Å². The maximum absolute atomic E-state index is 15.1. The molecule has 0 aliphatic carbocycles. The van der Waals surface area contributed by atoms with Crippen molar-refractivity contribution in [2.24, 2.45) is 0 Å². The summed E-state index contributed by atoms with van der Waals surface area (Å²) in [6, 6.07) is 6.73. The van der Waals surface area contributed by atoms with E-state index in [1.54, 1.807) is 18.3 Å². The number of nitrogens with one attached hydrogen (secondary N) is 2. The predicted octanol–water partition coefficient (Wildman–Crippen LogP) is 2.50. The average molecular weight is 446 g/mol. The molecule has 0 spiro atoms. The van der Waals surface area contributed by atoms with E-state index in [4.69, 9.17) is 15.5 Å². The van der Waals surface area contributed by atoms with E-state index in [1.165, 1.54) is 6.07 Å². The fraction of sp³-hybridized carbons (Fsp3) is 0.304. The molecular weight excluding hydrogens is 423 g/mol. The molecule has 0 saturated carbocycles. The van der Waals surface area contributed by atoms with Crippen molar-refractivity contribution >= 4 is 16.9 Å². The lowest BCUT2D eigenvalue weighted by molar-refractivity contribution is 0.410. The molecule has 2 aliphatic heterocycles. The summed E-state index contributed by atoms with van der Waals surface area (Å²) in [4.78, 5) is 17.7. The standard InChI is InChI=1S/C23H23FN8O/c1-12-4-5-28-23(29-12)33-17-3-2-13(8-15(17)24)18-16-11-26-6-7-32(16)22-19(18)20(25)30-21(31-22)14-9-27-10-14/h2-5,8,14,26-27H,6-7,9-11H2,1H3,(H2,25,30,31). The lowest BCUT2D eigenvalue weighted by atomic mass is 10.0. The molecule has 0 atom stereocenters. The number of rotatable bonds is 4. The summed E-state index contributed by atoms with van der Waals surface area (Å²) in [5.74, 6) is 1.01. The van der Waals surface area contributed by atoms with Crippen LogP contribution in [0, 0.1) is 12.7 Å². The van der Waals surface area contributed by atoms with E-state index in [2.05, 4.69) is 30.2 Å². The molecule has 0 radical (unpaired) electrons. The van der Waals surface area contributed by atoms with Crippen LogP contribution in [0.4, 0.5) is 10.2 Å². The van der Waals surface area contributed by atoms with Gasteiger partial charge in [0.2, 0.25) is 0 Å². The number of nitrogens with zero attached hydrogens (tertiary/aromatic N) is 5. The molecule has 6 rings (SSSR count). The Hall–Kier alpha value is -3.63. The molecule has 168 valence electrons. The van der Waals surface area contributed by atoms with E-state index in [0.29, 0.717) is 17.9 Å². The molecule has 4 N–H and O–H groups in total. The fourth-order valence-corrected chi connectivity index (χ4v) is 4.43. The van der Waals surface area contributed by atoms with Crippen LogP contribution in [0.5, 0.6) is 11.8 Å². The van der Waals surface area contributed by atoms with Crippen molar-refractivity contribution in [3.63, 3.8) is 0 Å². The number of halogens is 1. The number of anilines is 1. The summed E-state index contributed by atoms with van der Waals surface area (Å²) < 4.78 is 22.9. The SMILES string of the molecule is Cc1ccnc(Oc2ccc(-c3c4n(c5nc(C6CNC6)nc(N)c35)CCNC4)cc2F)n1. The predicted molar refractivity (Wildman–Crippen MR) is 121 cm³/mol. The molecule has 3 aromatic heterocycles. The van der Waals surface area contributed by atoms with Gasteiger partial charge in [-0.1, -0.05) is 6.07 Å². The number of nitrogen functional groups attached to an aromatic ring is 1. The zero-order valence-electron chi connectivity index (χ0n) is 18.1. The molecule has 2 aliphatic rings. The first-order valence-corrected chi connectivity index (χ1v) is 11.0. The van der Waals surface area contributed by atoms with E-state index in [0.717, 1.165) is 60.0 Å². The van der Waals surface area contributed by atoms with Crippen LogP contribution in [0.25, 0.3) is 22.2 Å². The van der Waals surface area contributed by atoms with Gasteiger partial charge in [0.1, 0.15) is 17.3 Å². The lowest BCUT2D eigenvalue weighted by Crippen LogP contribution is -2.41. The van der Waals surface area contributed by atoms with Gasteiger partial charge < -0.3 is 25.7 Å². The van der Waals surface area contributed by atoms with Gasteiger partial charge in [-0.05, 0) is 30.7 Å². The molecule has 1 aromatic carbocycles. The van der Waals surface area contributed by atoms with Gasteiger partial charge in [0, 0.05) is 61.8 Å². The van der Waals surface area contributed by atoms with E-state index < -0.39 is 5.82 Å². The van der Waals surface area contributed by atoms with Crippen LogP contribution in [-0.4, -0.2) is 44.1 Å². The molecule has 4 aromatic rings. The summed E-state index contributed by atoms with van der Waals surface area (Å²) in [7, 11) is 0. The number of aryl methyl sites for hydroxylation is 1. The first-order chi connectivity index (χ1) is 16.1. The molecule has 5 heterocycles. The Morgan fingerprint density at radius 1 is 1.15 bits per heavy atom. The third-order valence-electron chi connectivity index (χ3n) is 6.20. The number of nitrogens with two attached hydrogens (primary N) is 1. The second-order valence-corrected chi connectivity index (χ2v) is 8.40. The molecule has 0 unspecified atom stereocenters. The Labute approximate surface area is 189 Å². The van der Waals surface area contributed by atoms with Crippen molar-refractivity contribution in [1.82, 2.24) is 35.1 Å². The molecule has 1 fully saturated rings. The number of hydrogen-bond donors (Lipinski definition) is 3. The summed E-state index contributed by atoms with van der Waals surface area (Å²) in [5.41, 5.74) is 10.6. The van der Waals surface area contributed by atoms with Crippen molar-refractivity contribution in [2.75, 3.05) is 25.4 Å². The van der Waals surface area contributed by atoms with Gasteiger partial charge in [0.15, 0.2) is 11.6 Å². The second kappa shape index (κ2) is 7.75. The monoisotopic (exact) mass is 446 g/mol. The van der Waals surface area contributed by atoms with Gasteiger partial charge in [-0.3, -0.25) is 0 Å². The van der Waals surface area contributed by atoms with Crippen LogP contribution in [0.3, 0.4) is 0 Å². The summed E-state index contributed by atoms with van der Waals surface area (Å²) in [6.07, 6.45) is 1.58. The molecule has 9 nitrogen and oxygen atoms in total. The zero-order valence-corrected chi connectivity index (χ0v) is 18.1. The van der Waals surface area contributed by atoms with Gasteiger partial charge in [0.05, 0.1) is 5.39 Å². The summed E-state index contributed by atoms with van der Waals surface area (Å²) in [5, 5.41) is 7.42. The quantitative estimate of drug-likeness (QED) is 0.438. The normalized spacial score (nSPS) is 15.9. The van der Waals surface area contributed by atoms with E-state index in [1.807, 2.05) is 13.0 Å². The third-order valence-corrected chi connectivity index (χ3v) is 6.20. The van der Waals surface area contributed by atoms with Crippen molar-refractivity contribution in [3.05, 3.63) is 53.5 Å². The number of benzene rings is 1. The zero-order chi connectivity index (χ0) is 22.5. The van der Waals surface area contributed by atoms with Crippen molar-refractivity contribution < 1.29 is 9.13 Å². The van der Waals surface area contributed by atoms with Crippen LogP contribution in [0.15, 0.2) is 30.5 Å². The van der Waals surface area contributed by atoms with Gasteiger partial charge in [-0.2, -0.15) is 0 Å². The highest BCUT2D eigenvalue weighted by Gasteiger charge is 2.28. The Kier molecular flexibility index (Phi) is 4.70. The maximum atomic E-state index is 15.1. The third kappa shape index (κ3) is 3.38. The first kappa shape index (κ1) is 20.0. The number of fused-ring (bicyclic) bond motifs is 3. The molecule has 0 amide bonds. The minimum absolute atomic E-state index is 0.0591. The van der Waals surface area contributed by atoms with Gasteiger partial charge in [0.25, 0.3) is 0 Å². The van der Waals surface area contributed by atoms with Gasteiger partial charge in [-0.15, -0.1) is 0 Å². The highest BCUT2D eigenvalue weighted by molar-refractivity contribution is 6.02. The first-order valence-electron chi connectivity index (χ1n) is 11.0. The Morgan fingerprint density at radius 2 is 2.03 bits per heavy atom. The number of hydrogen-bond acceptors (Lipinski definition) is 8. The molecule has 1 saturated heterocycles. The number of ether oxygens (including phenoxy) is 1. The fourth-order valence-electron chi connectivity index (χ4n) is 4.43. The Morgan fingerprint density at radius 3 is 2.79 bits per heavy atom. The van der Waals surface area contributed by atoms with Crippen molar-refractivity contribution in [2.45, 2.75) is 25.9 Å². The van der Waals surface area contributed by atoms with Crippen LogP contribution >= 0.6 is 0 Å². The van der Waals surface area contributed by atoms with E-state index in [9.17, 15) is 0 Å². The van der Waals surface area contributed by atoms with E-state index >= 15 is 4.39 Å². The molecule has 33 heavy (non-hydrogen) atoms. The van der Waals surface area contributed by atoms with Gasteiger partial charge in [-0.25, -0.2) is 24.3 Å². The van der Waals surface area contributed by atoms with Crippen molar-refractivity contribution in [1.29, 1.82) is 0 Å². The van der Waals surface area contributed by atoms with Crippen LogP contribution in [-0.2, 0) is 13.1 Å². The summed E-state index contributed by atoms with van der Waals surface area (Å²) >= 11 is 0. The van der Waals surface area contributed by atoms with Crippen molar-refractivity contribution in [3.8, 4) is 22.9 Å². The van der Waals surface area contributed by atoms with Gasteiger partial charge >= 0.3 is 6.01 Å². The van der Waals surface area contributed by atoms with Crippen LogP contribution in [0.1, 0.15) is 23.1 Å². The van der Waals surface area contributed by atoms with Crippen LogP contribution in [0.2, 0.25) is 0 Å². The van der Waals surface area contributed by atoms with E-state index in [-0.39, 0.29) is 17.7 Å². The highest BCUT2D eigenvalue weighted by atomic mass is 19.1.